The summed E-state index contributed by atoms with van der Waals surface area (Å²) in [5, 5.41) is 21.6. The first-order valence-electron chi connectivity index (χ1n) is 6.59. The van der Waals surface area contributed by atoms with Crippen LogP contribution in [0.4, 0.5) is 5.69 Å². The fourth-order valence-electron chi connectivity index (χ4n) is 2.00. The predicted octanol–water partition coefficient (Wildman–Crippen LogP) is 3.35. The number of fused-ring (bicyclic) bond motifs is 1. The third kappa shape index (κ3) is 2.65. The van der Waals surface area contributed by atoms with Crippen molar-refractivity contribution in [2.75, 3.05) is 5.32 Å². The van der Waals surface area contributed by atoms with E-state index < -0.39 is 0 Å². The van der Waals surface area contributed by atoms with Crippen molar-refractivity contribution in [3.63, 3.8) is 0 Å². The third-order valence-corrected chi connectivity index (χ3v) is 3.64. The van der Waals surface area contributed by atoms with Crippen molar-refractivity contribution in [1.29, 1.82) is 5.26 Å². The third-order valence-electron chi connectivity index (χ3n) is 3.64. The Morgan fingerprint density at radius 3 is 2.68 bits per heavy atom. The van der Waals surface area contributed by atoms with E-state index in [-0.39, 0.29) is 6.04 Å². The van der Waals surface area contributed by atoms with Gasteiger partial charge in [-0.3, -0.25) is 0 Å². The van der Waals surface area contributed by atoms with Gasteiger partial charge in [0.25, 0.3) is 0 Å². The normalized spacial score (nSPS) is 13.8. The topological polar surface area (TPSA) is 61.6 Å². The summed E-state index contributed by atoms with van der Waals surface area (Å²) in [4.78, 5) is 0. The SMILES string of the molecule is CCC(C)C(C)Nc1c(C#N)nnc2ccccc12. The first-order chi connectivity index (χ1) is 9.17. The number of hydrogen-bond donors (Lipinski definition) is 1. The zero-order valence-electron chi connectivity index (χ0n) is 11.5. The highest BCUT2D eigenvalue weighted by atomic mass is 15.1. The van der Waals surface area contributed by atoms with Crippen LogP contribution in [0, 0.1) is 17.2 Å². The minimum Gasteiger partial charge on any atom is -0.379 e. The van der Waals surface area contributed by atoms with Gasteiger partial charge in [-0.05, 0) is 18.9 Å². The predicted molar refractivity (Wildman–Crippen MR) is 76.8 cm³/mol. The Morgan fingerprint density at radius 1 is 1.26 bits per heavy atom. The van der Waals surface area contributed by atoms with Gasteiger partial charge in [-0.1, -0.05) is 38.5 Å². The quantitative estimate of drug-likeness (QED) is 0.908. The summed E-state index contributed by atoms with van der Waals surface area (Å²) < 4.78 is 0. The second kappa shape index (κ2) is 5.66. The molecular weight excluding hydrogens is 236 g/mol. The van der Waals surface area contributed by atoms with E-state index in [2.05, 4.69) is 42.4 Å². The molecule has 0 aliphatic carbocycles. The van der Waals surface area contributed by atoms with E-state index in [4.69, 9.17) is 0 Å². The Balaban J connectivity index is 2.48. The number of benzene rings is 1. The van der Waals surface area contributed by atoms with Crippen LogP contribution < -0.4 is 5.32 Å². The second-order valence-electron chi connectivity index (χ2n) is 4.87. The number of nitriles is 1. The maximum absolute atomic E-state index is 9.19. The molecule has 2 atom stereocenters. The molecule has 0 spiro atoms. The molecule has 0 saturated carbocycles. The largest absolute Gasteiger partial charge is 0.379 e. The second-order valence-corrected chi connectivity index (χ2v) is 4.87. The van der Waals surface area contributed by atoms with Crippen LogP contribution in [0.25, 0.3) is 10.9 Å². The van der Waals surface area contributed by atoms with Crippen LogP contribution in [0.3, 0.4) is 0 Å². The van der Waals surface area contributed by atoms with Gasteiger partial charge in [0.2, 0.25) is 0 Å². The standard InChI is InChI=1S/C15H18N4/c1-4-10(2)11(3)17-15-12-7-5-6-8-13(12)18-19-14(15)9-16/h5-8,10-11H,4H2,1-3H3,(H,17,18). The van der Waals surface area contributed by atoms with Gasteiger partial charge in [0.1, 0.15) is 6.07 Å². The van der Waals surface area contributed by atoms with E-state index in [0.29, 0.717) is 11.6 Å². The van der Waals surface area contributed by atoms with E-state index in [1.54, 1.807) is 0 Å². The van der Waals surface area contributed by atoms with Crippen LogP contribution in [-0.2, 0) is 0 Å². The first-order valence-corrected chi connectivity index (χ1v) is 6.59. The highest BCUT2D eigenvalue weighted by molar-refractivity contribution is 5.92. The van der Waals surface area contributed by atoms with Gasteiger partial charge >= 0.3 is 0 Å². The summed E-state index contributed by atoms with van der Waals surface area (Å²) in [7, 11) is 0. The summed E-state index contributed by atoms with van der Waals surface area (Å²) in [6.45, 7) is 6.49. The molecule has 98 valence electrons. The zero-order valence-corrected chi connectivity index (χ0v) is 11.5. The molecule has 0 aliphatic rings. The van der Waals surface area contributed by atoms with E-state index in [9.17, 15) is 5.26 Å². The van der Waals surface area contributed by atoms with Crippen LogP contribution in [-0.4, -0.2) is 16.2 Å². The van der Waals surface area contributed by atoms with Crippen LogP contribution in [0.1, 0.15) is 32.9 Å². The Labute approximate surface area is 113 Å². The van der Waals surface area contributed by atoms with E-state index in [0.717, 1.165) is 23.0 Å². The fraction of sp³-hybridized carbons (Fsp3) is 0.400. The summed E-state index contributed by atoms with van der Waals surface area (Å²) in [5.41, 5.74) is 1.95. The van der Waals surface area contributed by atoms with Crippen molar-refractivity contribution < 1.29 is 0 Å². The Kier molecular flexibility index (Phi) is 3.96. The molecule has 4 heteroatoms. The van der Waals surface area contributed by atoms with Crippen LogP contribution in [0.2, 0.25) is 0 Å². The van der Waals surface area contributed by atoms with Crippen molar-refractivity contribution >= 4 is 16.6 Å². The van der Waals surface area contributed by atoms with E-state index >= 15 is 0 Å². The minimum absolute atomic E-state index is 0.282. The van der Waals surface area contributed by atoms with Crippen molar-refractivity contribution in [3.05, 3.63) is 30.0 Å². The molecule has 19 heavy (non-hydrogen) atoms. The maximum atomic E-state index is 9.19. The van der Waals surface area contributed by atoms with Crippen molar-refractivity contribution in [2.24, 2.45) is 5.92 Å². The Hall–Kier alpha value is -2.15. The van der Waals surface area contributed by atoms with Crippen molar-refractivity contribution in [1.82, 2.24) is 10.2 Å². The minimum atomic E-state index is 0.282. The number of nitrogens with zero attached hydrogens (tertiary/aromatic N) is 3. The highest BCUT2D eigenvalue weighted by Crippen LogP contribution is 2.25. The molecule has 0 radical (unpaired) electrons. The Morgan fingerprint density at radius 2 is 2.00 bits per heavy atom. The molecule has 1 aromatic heterocycles. The molecule has 1 heterocycles. The Bertz CT molecular complexity index is 615. The molecule has 4 nitrogen and oxygen atoms in total. The van der Waals surface area contributed by atoms with Gasteiger partial charge in [0.05, 0.1) is 11.2 Å². The first kappa shape index (κ1) is 13.3. The van der Waals surface area contributed by atoms with Gasteiger partial charge < -0.3 is 5.32 Å². The summed E-state index contributed by atoms with van der Waals surface area (Å²) in [5.74, 6) is 0.526. The lowest BCUT2D eigenvalue weighted by Gasteiger charge is -2.22. The van der Waals surface area contributed by atoms with Crippen molar-refractivity contribution in [2.45, 2.75) is 33.2 Å². The lowest BCUT2D eigenvalue weighted by molar-refractivity contribution is 0.494. The molecule has 0 bridgehead atoms. The van der Waals surface area contributed by atoms with Gasteiger partial charge in [-0.25, -0.2) is 0 Å². The molecular formula is C15H18N4. The number of aromatic nitrogens is 2. The van der Waals surface area contributed by atoms with Crippen molar-refractivity contribution in [3.8, 4) is 6.07 Å². The number of hydrogen-bond acceptors (Lipinski definition) is 4. The smallest absolute Gasteiger partial charge is 0.186 e. The molecule has 2 aromatic rings. The van der Waals surface area contributed by atoms with Gasteiger partial charge in [0, 0.05) is 11.4 Å². The van der Waals surface area contributed by atoms with Crippen LogP contribution in [0.15, 0.2) is 24.3 Å². The van der Waals surface area contributed by atoms with Crippen LogP contribution in [0.5, 0.6) is 0 Å². The highest BCUT2D eigenvalue weighted by Gasteiger charge is 2.15. The molecule has 0 amide bonds. The van der Waals surface area contributed by atoms with Gasteiger partial charge in [0.15, 0.2) is 5.69 Å². The average Bonchev–Trinajstić information content (AvgIpc) is 2.46. The summed E-state index contributed by atoms with van der Waals surface area (Å²) in [6, 6.07) is 10.1. The lowest BCUT2D eigenvalue weighted by Crippen LogP contribution is -2.24. The summed E-state index contributed by atoms with van der Waals surface area (Å²) in [6.07, 6.45) is 1.09. The average molecular weight is 254 g/mol. The lowest BCUT2D eigenvalue weighted by atomic mass is 10.00. The van der Waals surface area contributed by atoms with Gasteiger partial charge in [-0.15, -0.1) is 10.2 Å². The fourth-order valence-corrected chi connectivity index (χ4v) is 2.00. The number of rotatable bonds is 4. The van der Waals surface area contributed by atoms with Gasteiger partial charge in [-0.2, -0.15) is 5.26 Å². The molecule has 0 fully saturated rings. The molecule has 0 saturated heterocycles. The monoisotopic (exact) mass is 254 g/mol. The molecule has 2 rings (SSSR count). The van der Waals surface area contributed by atoms with E-state index in [1.165, 1.54) is 0 Å². The molecule has 1 aromatic carbocycles. The zero-order chi connectivity index (χ0) is 13.8. The number of anilines is 1. The molecule has 0 aliphatic heterocycles. The van der Waals surface area contributed by atoms with Crippen LogP contribution >= 0.6 is 0 Å². The van der Waals surface area contributed by atoms with E-state index in [1.807, 2.05) is 24.3 Å². The summed E-state index contributed by atoms with van der Waals surface area (Å²) >= 11 is 0. The number of nitrogens with one attached hydrogen (secondary N) is 1. The maximum Gasteiger partial charge on any atom is 0.186 e. The molecule has 2 unspecified atom stereocenters. The molecule has 1 N–H and O–H groups in total.